The van der Waals surface area contributed by atoms with Gasteiger partial charge in [0.05, 0.1) is 12.2 Å². The molecule has 0 amide bonds. The predicted octanol–water partition coefficient (Wildman–Crippen LogP) is 2.99. The molecule has 0 spiro atoms. The van der Waals surface area contributed by atoms with Crippen molar-refractivity contribution in [3.63, 3.8) is 0 Å². The van der Waals surface area contributed by atoms with Gasteiger partial charge in [0.2, 0.25) is 0 Å². The molecule has 2 heteroatoms. The van der Waals surface area contributed by atoms with Crippen molar-refractivity contribution in [3.8, 4) is 5.75 Å². The summed E-state index contributed by atoms with van der Waals surface area (Å²) < 4.78 is 5.68. The van der Waals surface area contributed by atoms with E-state index in [9.17, 15) is 4.79 Å². The Morgan fingerprint density at radius 1 is 1.47 bits per heavy atom. The van der Waals surface area contributed by atoms with Gasteiger partial charge in [0.25, 0.3) is 0 Å². The molecule has 0 heterocycles. The number of carbonyl (C=O) groups is 1. The Hall–Kier alpha value is -1.31. The SMILES string of the molecule is Cc1cccc(C=O)c1OCCC1CC1. The lowest BCUT2D eigenvalue weighted by atomic mass is 10.1. The van der Waals surface area contributed by atoms with E-state index in [2.05, 4.69) is 0 Å². The second-order valence-corrected chi connectivity index (χ2v) is 4.19. The summed E-state index contributed by atoms with van der Waals surface area (Å²) in [5.74, 6) is 1.63. The van der Waals surface area contributed by atoms with Crippen LogP contribution in [0.3, 0.4) is 0 Å². The summed E-state index contributed by atoms with van der Waals surface area (Å²) >= 11 is 0. The van der Waals surface area contributed by atoms with Crippen molar-refractivity contribution in [2.24, 2.45) is 5.92 Å². The molecular weight excluding hydrogens is 188 g/mol. The summed E-state index contributed by atoms with van der Waals surface area (Å²) in [7, 11) is 0. The molecule has 0 aliphatic heterocycles. The second-order valence-electron chi connectivity index (χ2n) is 4.19. The van der Waals surface area contributed by atoms with E-state index in [-0.39, 0.29) is 0 Å². The molecule has 0 aromatic heterocycles. The van der Waals surface area contributed by atoms with Crippen molar-refractivity contribution in [2.45, 2.75) is 26.2 Å². The third-order valence-corrected chi connectivity index (χ3v) is 2.84. The van der Waals surface area contributed by atoms with Crippen LogP contribution >= 0.6 is 0 Å². The van der Waals surface area contributed by atoms with Gasteiger partial charge in [-0.15, -0.1) is 0 Å². The smallest absolute Gasteiger partial charge is 0.153 e. The lowest BCUT2D eigenvalue weighted by Gasteiger charge is -2.10. The molecule has 1 saturated carbocycles. The minimum Gasteiger partial charge on any atom is -0.493 e. The Morgan fingerprint density at radius 3 is 2.93 bits per heavy atom. The topological polar surface area (TPSA) is 26.3 Å². The van der Waals surface area contributed by atoms with Crippen LogP contribution in [0.4, 0.5) is 0 Å². The quantitative estimate of drug-likeness (QED) is 0.689. The van der Waals surface area contributed by atoms with Crippen molar-refractivity contribution in [1.29, 1.82) is 0 Å². The molecule has 1 aliphatic rings. The monoisotopic (exact) mass is 204 g/mol. The fraction of sp³-hybridized carbons (Fsp3) is 0.462. The second kappa shape index (κ2) is 4.47. The number of ether oxygens (including phenoxy) is 1. The van der Waals surface area contributed by atoms with E-state index in [1.165, 1.54) is 12.8 Å². The lowest BCUT2D eigenvalue weighted by molar-refractivity contribution is 0.111. The molecule has 1 aliphatic carbocycles. The fourth-order valence-electron chi connectivity index (χ4n) is 1.70. The van der Waals surface area contributed by atoms with Crippen LogP contribution in [0, 0.1) is 12.8 Å². The first-order chi connectivity index (χ1) is 7.31. The zero-order chi connectivity index (χ0) is 10.7. The van der Waals surface area contributed by atoms with Crippen LogP contribution in [0.1, 0.15) is 35.2 Å². The largest absolute Gasteiger partial charge is 0.493 e. The molecule has 0 saturated heterocycles. The number of rotatable bonds is 5. The highest BCUT2D eigenvalue weighted by molar-refractivity contribution is 5.80. The zero-order valence-electron chi connectivity index (χ0n) is 9.03. The summed E-state index contributed by atoms with van der Waals surface area (Å²) in [6.07, 6.45) is 4.67. The standard InChI is InChI=1S/C13H16O2/c1-10-3-2-4-12(9-14)13(10)15-8-7-11-5-6-11/h2-4,9,11H,5-8H2,1H3. The van der Waals surface area contributed by atoms with Crippen LogP contribution in [0.5, 0.6) is 5.75 Å². The fourth-order valence-corrected chi connectivity index (χ4v) is 1.70. The van der Waals surface area contributed by atoms with Gasteiger partial charge in [0.15, 0.2) is 6.29 Å². The van der Waals surface area contributed by atoms with Gasteiger partial charge in [-0.1, -0.05) is 25.0 Å². The average molecular weight is 204 g/mol. The third-order valence-electron chi connectivity index (χ3n) is 2.84. The minimum absolute atomic E-state index is 0.658. The minimum atomic E-state index is 0.658. The Labute approximate surface area is 90.3 Å². The number of benzene rings is 1. The van der Waals surface area contributed by atoms with E-state index in [1.807, 2.05) is 19.1 Å². The predicted molar refractivity (Wildman–Crippen MR) is 59.4 cm³/mol. The van der Waals surface area contributed by atoms with E-state index >= 15 is 0 Å². The van der Waals surface area contributed by atoms with Gasteiger partial charge in [-0.2, -0.15) is 0 Å². The summed E-state index contributed by atoms with van der Waals surface area (Å²) in [4.78, 5) is 10.8. The van der Waals surface area contributed by atoms with E-state index < -0.39 is 0 Å². The molecule has 0 bridgehead atoms. The van der Waals surface area contributed by atoms with Gasteiger partial charge < -0.3 is 4.74 Å². The molecule has 1 aromatic carbocycles. The number of aryl methyl sites for hydroxylation is 1. The molecule has 2 rings (SSSR count). The maximum Gasteiger partial charge on any atom is 0.153 e. The maximum atomic E-state index is 10.8. The summed E-state index contributed by atoms with van der Waals surface area (Å²) in [5.41, 5.74) is 1.70. The van der Waals surface area contributed by atoms with Crippen LogP contribution < -0.4 is 4.74 Å². The highest BCUT2D eigenvalue weighted by atomic mass is 16.5. The van der Waals surface area contributed by atoms with Crippen molar-refractivity contribution in [3.05, 3.63) is 29.3 Å². The molecule has 1 aromatic rings. The van der Waals surface area contributed by atoms with E-state index in [0.29, 0.717) is 5.56 Å². The van der Waals surface area contributed by atoms with Crippen LogP contribution in [0.25, 0.3) is 0 Å². The van der Waals surface area contributed by atoms with E-state index in [1.54, 1.807) is 6.07 Å². The van der Waals surface area contributed by atoms with Gasteiger partial charge in [0.1, 0.15) is 5.75 Å². The zero-order valence-corrected chi connectivity index (χ0v) is 9.03. The van der Waals surface area contributed by atoms with Crippen LogP contribution in [0.15, 0.2) is 18.2 Å². The highest BCUT2D eigenvalue weighted by Crippen LogP contribution is 2.32. The van der Waals surface area contributed by atoms with E-state index in [0.717, 1.165) is 36.5 Å². The van der Waals surface area contributed by atoms with Crippen molar-refractivity contribution >= 4 is 6.29 Å². The molecule has 0 radical (unpaired) electrons. The third kappa shape index (κ3) is 2.58. The van der Waals surface area contributed by atoms with Gasteiger partial charge in [-0.3, -0.25) is 4.79 Å². The molecule has 15 heavy (non-hydrogen) atoms. The Bertz CT molecular complexity index is 354. The van der Waals surface area contributed by atoms with Crippen LogP contribution in [0.2, 0.25) is 0 Å². The Balaban J connectivity index is 2.00. The summed E-state index contributed by atoms with van der Waals surface area (Å²) in [6, 6.07) is 5.65. The first-order valence-electron chi connectivity index (χ1n) is 5.49. The first-order valence-corrected chi connectivity index (χ1v) is 5.49. The van der Waals surface area contributed by atoms with Crippen LogP contribution in [-0.2, 0) is 0 Å². The van der Waals surface area contributed by atoms with Crippen molar-refractivity contribution in [2.75, 3.05) is 6.61 Å². The first kappa shape index (κ1) is 10.2. The van der Waals surface area contributed by atoms with Gasteiger partial charge in [0, 0.05) is 0 Å². The molecule has 0 unspecified atom stereocenters. The molecule has 1 fully saturated rings. The number of carbonyl (C=O) groups excluding carboxylic acids is 1. The Morgan fingerprint density at radius 2 is 2.27 bits per heavy atom. The van der Waals surface area contributed by atoms with Crippen molar-refractivity contribution in [1.82, 2.24) is 0 Å². The number of para-hydroxylation sites is 1. The number of hydrogen-bond acceptors (Lipinski definition) is 2. The van der Waals surface area contributed by atoms with E-state index in [4.69, 9.17) is 4.74 Å². The van der Waals surface area contributed by atoms with Gasteiger partial charge in [-0.25, -0.2) is 0 Å². The summed E-state index contributed by atoms with van der Waals surface area (Å²) in [5, 5.41) is 0. The molecule has 0 atom stereocenters. The average Bonchev–Trinajstić information content (AvgIpc) is 3.04. The van der Waals surface area contributed by atoms with Gasteiger partial charge >= 0.3 is 0 Å². The molecule has 0 N–H and O–H groups in total. The van der Waals surface area contributed by atoms with Gasteiger partial charge in [-0.05, 0) is 30.9 Å². The highest BCUT2D eigenvalue weighted by Gasteiger charge is 2.21. The maximum absolute atomic E-state index is 10.8. The summed E-state index contributed by atoms with van der Waals surface area (Å²) in [6.45, 7) is 2.70. The number of aldehydes is 1. The number of hydrogen-bond donors (Lipinski definition) is 0. The molecule has 2 nitrogen and oxygen atoms in total. The Kier molecular flexibility index (Phi) is 3.05. The van der Waals surface area contributed by atoms with Crippen molar-refractivity contribution < 1.29 is 9.53 Å². The molecular formula is C13H16O2. The normalized spacial score (nSPS) is 15.0. The molecule has 80 valence electrons. The lowest BCUT2D eigenvalue weighted by Crippen LogP contribution is -2.02. The van der Waals surface area contributed by atoms with Crippen LogP contribution in [-0.4, -0.2) is 12.9 Å².